The third-order valence-electron chi connectivity index (χ3n) is 12.1. The number of hydrogen-bond acceptors (Lipinski definition) is 3. The number of rotatable bonds is 4. The van der Waals surface area contributed by atoms with Gasteiger partial charge in [0.2, 0.25) is 0 Å². The van der Waals surface area contributed by atoms with E-state index in [1.807, 2.05) is 18.2 Å². The normalized spacial score (nSPS) is 13.1. The third kappa shape index (κ3) is 4.63. The van der Waals surface area contributed by atoms with Crippen LogP contribution in [0, 0.1) is 0 Å². The summed E-state index contributed by atoms with van der Waals surface area (Å²) in [7, 11) is 0. The highest BCUT2D eigenvalue weighted by Crippen LogP contribution is 2.63. The fourth-order valence-corrected chi connectivity index (χ4v) is 9.70. The van der Waals surface area contributed by atoms with Gasteiger partial charge in [-0.2, -0.15) is 0 Å². The zero-order chi connectivity index (χ0) is 37.5. The lowest BCUT2D eigenvalue weighted by molar-refractivity contribution is 0.794. The number of fused-ring (bicyclic) bond motifs is 12. The standard InChI is InChI=1S/C54H33N3/c1-2-16-35(17-3-1)51-55-52(57-53(56-51)46-32-38(31-36-18-5-7-21-40(36)46)41-25-14-19-34-15-4-6-20-39(34)41)37-29-30-45-44-24-10-13-28-49(44)54(50(45)33-37)47-26-11-8-22-42(47)43-23-9-12-27-48(43)54/h1-33H. The molecule has 0 N–H and O–H groups in total. The maximum absolute atomic E-state index is 5.40. The Kier molecular flexibility index (Phi) is 6.84. The summed E-state index contributed by atoms with van der Waals surface area (Å²) in [6.45, 7) is 0. The van der Waals surface area contributed by atoms with Gasteiger partial charge in [0.15, 0.2) is 17.5 Å². The molecule has 0 atom stereocenters. The monoisotopic (exact) mass is 723 g/mol. The highest BCUT2D eigenvalue weighted by Gasteiger charge is 2.51. The van der Waals surface area contributed by atoms with E-state index in [4.69, 9.17) is 15.0 Å². The van der Waals surface area contributed by atoms with E-state index < -0.39 is 5.41 Å². The zero-order valence-electron chi connectivity index (χ0n) is 30.9. The summed E-state index contributed by atoms with van der Waals surface area (Å²) >= 11 is 0. The summed E-state index contributed by atoms with van der Waals surface area (Å²) in [6, 6.07) is 72.1. The van der Waals surface area contributed by atoms with Gasteiger partial charge in [-0.05, 0) is 95.4 Å². The molecule has 1 spiro atoms. The third-order valence-corrected chi connectivity index (χ3v) is 12.1. The van der Waals surface area contributed by atoms with Crippen LogP contribution in [0.15, 0.2) is 200 Å². The summed E-state index contributed by atoms with van der Waals surface area (Å²) in [5.74, 6) is 1.93. The molecule has 3 heteroatoms. The first-order valence-electron chi connectivity index (χ1n) is 19.5. The minimum Gasteiger partial charge on any atom is -0.208 e. The molecule has 264 valence electrons. The van der Waals surface area contributed by atoms with Crippen LogP contribution in [0.4, 0.5) is 0 Å². The lowest BCUT2D eigenvalue weighted by atomic mass is 9.70. The van der Waals surface area contributed by atoms with Crippen LogP contribution in [0.5, 0.6) is 0 Å². The van der Waals surface area contributed by atoms with Crippen LogP contribution >= 0.6 is 0 Å². The van der Waals surface area contributed by atoms with Gasteiger partial charge in [-0.25, -0.2) is 15.0 Å². The SMILES string of the molecule is c1ccc(-c2nc(-c3ccc4c(c3)C3(c5ccccc5-c5ccccc53)c3ccccc3-4)nc(-c3cc(-c4cccc5ccccc45)cc4ccccc34)n2)cc1. The van der Waals surface area contributed by atoms with Gasteiger partial charge in [-0.1, -0.05) is 182 Å². The Hall–Kier alpha value is -7.49. The molecule has 0 saturated carbocycles. The second-order valence-corrected chi connectivity index (χ2v) is 15.1. The van der Waals surface area contributed by atoms with Gasteiger partial charge >= 0.3 is 0 Å². The predicted molar refractivity (Wildman–Crippen MR) is 233 cm³/mol. The van der Waals surface area contributed by atoms with E-state index in [1.54, 1.807) is 0 Å². The van der Waals surface area contributed by atoms with Gasteiger partial charge in [0.1, 0.15) is 0 Å². The van der Waals surface area contributed by atoms with Gasteiger partial charge < -0.3 is 0 Å². The molecule has 10 aromatic rings. The van der Waals surface area contributed by atoms with E-state index in [9.17, 15) is 0 Å². The van der Waals surface area contributed by atoms with Crippen LogP contribution < -0.4 is 0 Å². The number of aromatic nitrogens is 3. The van der Waals surface area contributed by atoms with Crippen LogP contribution in [-0.4, -0.2) is 15.0 Å². The molecule has 2 aliphatic rings. The summed E-state index contributed by atoms with van der Waals surface area (Å²) in [5.41, 5.74) is 15.0. The topological polar surface area (TPSA) is 38.7 Å². The van der Waals surface area contributed by atoms with Crippen molar-refractivity contribution in [1.29, 1.82) is 0 Å². The maximum atomic E-state index is 5.40. The molecule has 3 nitrogen and oxygen atoms in total. The Morgan fingerprint density at radius 1 is 0.263 bits per heavy atom. The quantitative estimate of drug-likeness (QED) is 0.181. The average Bonchev–Trinajstić information content (AvgIpc) is 3.76. The molecule has 9 aromatic carbocycles. The smallest absolute Gasteiger partial charge is 0.164 e. The lowest BCUT2D eigenvalue weighted by Gasteiger charge is -2.30. The van der Waals surface area contributed by atoms with Crippen molar-refractivity contribution in [2.45, 2.75) is 5.41 Å². The molecule has 0 saturated heterocycles. The summed E-state index contributed by atoms with van der Waals surface area (Å²) < 4.78 is 0. The number of nitrogens with zero attached hydrogens (tertiary/aromatic N) is 3. The van der Waals surface area contributed by atoms with Crippen LogP contribution in [0.3, 0.4) is 0 Å². The van der Waals surface area contributed by atoms with E-state index in [1.165, 1.54) is 60.8 Å². The molecule has 0 aliphatic heterocycles. The first-order chi connectivity index (χ1) is 28.3. The Bertz CT molecular complexity index is 3190. The van der Waals surface area contributed by atoms with Crippen molar-refractivity contribution in [3.63, 3.8) is 0 Å². The lowest BCUT2D eigenvalue weighted by Crippen LogP contribution is -2.25. The Morgan fingerprint density at radius 3 is 1.44 bits per heavy atom. The van der Waals surface area contributed by atoms with Crippen LogP contribution in [0.1, 0.15) is 22.3 Å². The van der Waals surface area contributed by atoms with Crippen molar-refractivity contribution in [2.75, 3.05) is 0 Å². The molecule has 0 bridgehead atoms. The van der Waals surface area contributed by atoms with Crippen molar-refractivity contribution >= 4 is 21.5 Å². The van der Waals surface area contributed by atoms with E-state index >= 15 is 0 Å². The molecule has 2 aliphatic carbocycles. The van der Waals surface area contributed by atoms with Crippen molar-refractivity contribution in [1.82, 2.24) is 15.0 Å². The van der Waals surface area contributed by atoms with Gasteiger partial charge in [-0.3, -0.25) is 0 Å². The molecular weight excluding hydrogens is 691 g/mol. The highest BCUT2D eigenvalue weighted by molar-refractivity contribution is 6.04. The second kappa shape index (κ2) is 12.3. The van der Waals surface area contributed by atoms with Gasteiger partial charge in [0, 0.05) is 16.7 Å². The zero-order valence-corrected chi connectivity index (χ0v) is 30.9. The first-order valence-corrected chi connectivity index (χ1v) is 19.5. The summed E-state index contributed by atoms with van der Waals surface area (Å²) in [5, 5.41) is 4.66. The molecule has 1 aromatic heterocycles. The van der Waals surface area contributed by atoms with Gasteiger partial charge in [0.05, 0.1) is 5.41 Å². The maximum Gasteiger partial charge on any atom is 0.164 e. The summed E-state index contributed by atoms with van der Waals surface area (Å²) in [4.78, 5) is 15.9. The first kappa shape index (κ1) is 31.8. The summed E-state index contributed by atoms with van der Waals surface area (Å²) in [6.07, 6.45) is 0. The van der Waals surface area contributed by atoms with Crippen molar-refractivity contribution in [3.8, 4) is 67.5 Å². The van der Waals surface area contributed by atoms with E-state index in [2.05, 4.69) is 182 Å². The fraction of sp³-hybridized carbons (Fsp3) is 0.0185. The largest absolute Gasteiger partial charge is 0.208 e. The van der Waals surface area contributed by atoms with E-state index in [-0.39, 0.29) is 0 Å². The second-order valence-electron chi connectivity index (χ2n) is 15.1. The predicted octanol–water partition coefficient (Wildman–Crippen LogP) is 13.2. The van der Waals surface area contributed by atoms with Crippen LogP contribution in [0.2, 0.25) is 0 Å². The van der Waals surface area contributed by atoms with Crippen LogP contribution in [0.25, 0.3) is 89.1 Å². The number of benzene rings is 9. The molecule has 1 heterocycles. The Morgan fingerprint density at radius 2 is 0.754 bits per heavy atom. The van der Waals surface area contributed by atoms with Crippen molar-refractivity contribution < 1.29 is 0 Å². The van der Waals surface area contributed by atoms with E-state index in [0.29, 0.717) is 17.5 Å². The van der Waals surface area contributed by atoms with Crippen molar-refractivity contribution in [2.24, 2.45) is 0 Å². The minimum atomic E-state index is -0.462. The van der Waals surface area contributed by atoms with Gasteiger partial charge in [-0.15, -0.1) is 0 Å². The molecule has 0 fully saturated rings. The fourth-order valence-electron chi connectivity index (χ4n) is 9.70. The molecule has 12 rings (SSSR count). The Labute approximate surface area is 330 Å². The molecule has 0 radical (unpaired) electrons. The van der Waals surface area contributed by atoms with Crippen molar-refractivity contribution in [3.05, 3.63) is 222 Å². The number of hydrogen-bond donors (Lipinski definition) is 0. The molecule has 0 amide bonds. The Balaban J connectivity index is 1.11. The van der Waals surface area contributed by atoms with Crippen LogP contribution in [-0.2, 0) is 5.41 Å². The van der Waals surface area contributed by atoms with Gasteiger partial charge in [0.25, 0.3) is 0 Å². The molecule has 57 heavy (non-hydrogen) atoms. The average molecular weight is 724 g/mol. The van der Waals surface area contributed by atoms with E-state index in [0.717, 1.165) is 33.0 Å². The molecular formula is C54H33N3. The minimum absolute atomic E-state index is 0.462. The molecule has 0 unspecified atom stereocenters. The highest BCUT2D eigenvalue weighted by atomic mass is 15.0.